The molecule has 0 spiro atoms. The smallest absolute Gasteiger partial charge is 0.254 e. The van der Waals surface area contributed by atoms with Crippen molar-refractivity contribution in [3.8, 4) is 0 Å². The van der Waals surface area contributed by atoms with Crippen LogP contribution >= 0.6 is 0 Å². The standard InChI is InChI=1S/C20H26N2O2/c1-13-16(20(24)22-9-2-3-10-22)5-4-6-18(13)21-19(23)17-12-14-7-8-15(17)11-14/h4-6,14-15,17H,2-3,7-12H2,1H3,(H,21,23)/t14-,15-,17+/m0/s1. The zero-order chi connectivity index (χ0) is 16.7. The summed E-state index contributed by atoms with van der Waals surface area (Å²) in [5.74, 6) is 1.75. The molecule has 3 aliphatic rings. The first-order valence-electron chi connectivity index (χ1n) is 9.33. The Morgan fingerprint density at radius 3 is 2.58 bits per heavy atom. The lowest BCUT2D eigenvalue weighted by molar-refractivity contribution is -0.121. The van der Waals surface area contributed by atoms with Crippen LogP contribution in [0.1, 0.15) is 54.4 Å². The van der Waals surface area contributed by atoms with Gasteiger partial charge >= 0.3 is 0 Å². The molecule has 1 saturated heterocycles. The van der Waals surface area contributed by atoms with E-state index < -0.39 is 0 Å². The second-order valence-corrected chi connectivity index (χ2v) is 7.75. The predicted octanol–water partition coefficient (Wildman–Crippen LogP) is 3.61. The Kier molecular flexibility index (Phi) is 4.07. The van der Waals surface area contributed by atoms with Crippen LogP contribution in [0.3, 0.4) is 0 Å². The minimum Gasteiger partial charge on any atom is -0.339 e. The third-order valence-electron chi connectivity index (χ3n) is 6.29. The fourth-order valence-corrected chi connectivity index (χ4v) is 4.88. The second-order valence-electron chi connectivity index (χ2n) is 7.75. The number of hydrogen-bond acceptors (Lipinski definition) is 2. The fraction of sp³-hybridized carbons (Fsp3) is 0.600. The molecule has 1 aromatic rings. The van der Waals surface area contributed by atoms with Crippen LogP contribution in [-0.2, 0) is 4.79 Å². The van der Waals surface area contributed by atoms with Crippen molar-refractivity contribution in [2.24, 2.45) is 17.8 Å². The van der Waals surface area contributed by atoms with Crippen LogP contribution in [-0.4, -0.2) is 29.8 Å². The molecule has 1 aromatic carbocycles. The van der Waals surface area contributed by atoms with Gasteiger partial charge in [-0.15, -0.1) is 0 Å². The Labute approximate surface area is 143 Å². The molecule has 0 unspecified atom stereocenters. The third kappa shape index (κ3) is 2.72. The van der Waals surface area contributed by atoms with Crippen LogP contribution in [0, 0.1) is 24.7 Å². The highest BCUT2D eigenvalue weighted by molar-refractivity contribution is 6.00. The van der Waals surface area contributed by atoms with E-state index in [1.54, 1.807) is 0 Å². The Hall–Kier alpha value is -1.84. The van der Waals surface area contributed by atoms with Crippen LogP contribution in [0.4, 0.5) is 5.69 Å². The minimum absolute atomic E-state index is 0.0982. The van der Waals surface area contributed by atoms with Crippen molar-refractivity contribution in [2.45, 2.75) is 45.4 Å². The van der Waals surface area contributed by atoms with Crippen LogP contribution < -0.4 is 5.32 Å². The Morgan fingerprint density at radius 2 is 1.92 bits per heavy atom. The van der Waals surface area contributed by atoms with Gasteiger partial charge in [-0.2, -0.15) is 0 Å². The summed E-state index contributed by atoms with van der Waals surface area (Å²) in [4.78, 5) is 27.3. The van der Waals surface area contributed by atoms with E-state index in [0.29, 0.717) is 5.92 Å². The highest BCUT2D eigenvalue weighted by Crippen LogP contribution is 2.48. The number of nitrogens with zero attached hydrogens (tertiary/aromatic N) is 1. The Morgan fingerprint density at radius 1 is 1.12 bits per heavy atom. The maximum absolute atomic E-state index is 12.7. The van der Waals surface area contributed by atoms with Crippen molar-refractivity contribution in [1.29, 1.82) is 0 Å². The van der Waals surface area contributed by atoms with Gasteiger partial charge in [-0.05, 0) is 68.6 Å². The number of fused-ring (bicyclic) bond motifs is 2. The second kappa shape index (κ2) is 6.23. The van der Waals surface area contributed by atoms with E-state index >= 15 is 0 Å². The van der Waals surface area contributed by atoms with Crippen molar-refractivity contribution < 1.29 is 9.59 Å². The molecule has 2 aliphatic carbocycles. The van der Waals surface area contributed by atoms with Gasteiger partial charge in [-0.3, -0.25) is 9.59 Å². The first kappa shape index (κ1) is 15.7. The summed E-state index contributed by atoms with van der Waals surface area (Å²) in [7, 11) is 0. The quantitative estimate of drug-likeness (QED) is 0.922. The van der Waals surface area contributed by atoms with E-state index in [1.807, 2.05) is 30.0 Å². The largest absolute Gasteiger partial charge is 0.339 e. The monoisotopic (exact) mass is 326 g/mol. The van der Waals surface area contributed by atoms with Crippen molar-refractivity contribution in [1.82, 2.24) is 4.90 Å². The molecular weight excluding hydrogens is 300 g/mol. The topological polar surface area (TPSA) is 49.4 Å². The first-order valence-corrected chi connectivity index (χ1v) is 9.33. The van der Waals surface area contributed by atoms with Crippen LogP contribution in [0.5, 0.6) is 0 Å². The van der Waals surface area contributed by atoms with Gasteiger partial charge in [-0.1, -0.05) is 12.5 Å². The van der Waals surface area contributed by atoms with Gasteiger partial charge in [0, 0.05) is 30.3 Å². The molecule has 0 aromatic heterocycles. The molecule has 4 nitrogen and oxygen atoms in total. The lowest BCUT2D eigenvalue weighted by Crippen LogP contribution is -2.29. The lowest BCUT2D eigenvalue weighted by Gasteiger charge is -2.22. The van der Waals surface area contributed by atoms with E-state index in [1.165, 1.54) is 19.3 Å². The SMILES string of the molecule is Cc1c(NC(=O)[C@@H]2C[C@H]3CC[C@H]2C3)cccc1C(=O)N1CCCC1. The number of likely N-dealkylation sites (tertiary alicyclic amines) is 1. The number of carbonyl (C=O) groups is 2. The number of rotatable bonds is 3. The highest BCUT2D eigenvalue weighted by Gasteiger charge is 2.43. The zero-order valence-corrected chi connectivity index (χ0v) is 14.4. The average Bonchev–Trinajstić information content (AvgIpc) is 3.33. The molecule has 2 saturated carbocycles. The van der Waals surface area contributed by atoms with E-state index in [-0.39, 0.29) is 17.7 Å². The number of nitrogens with one attached hydrogen (secondary N) is 1. The highest BCUT2D eigenvalue weighted by atomic mass is 16.2. The number of carbonyl (C=O) groups excluding carboxylic acids is 2. The van der Waals surface area contributed by atoms with Gasteiger partial charge in [0.15, 0.2) is 0 Å². The molecule has 1 aliphatic heterocycles. The first-order chi connectivity index (χ1) is 11.6. The summed E-state index contributed by atoms with van der Waals surface area (Å²) in [5.41, 5.74) is 2.42. The minimum atomic E-state index is 0.0982. The van der Waals surface area contributed by atoms with Gasteiger partial charge in [0.1, 0.15) is 0 Å². The summed E-state index contributed by atoms with van der Waals surface area (Å²) < 4.78 is 0. The van der Waals surface area contributed by atoms with Crippen molar-refractivity contribution in [2.75, 3.05) is 18.4 Å². The average molecular weight is 326 g/mol. The third-order valence-corrected chi connectivity index (χ3v) is 6.29. The maximum atomic E-state index is 12.7. The van der Waals surface area contributed by atoms with E-state index in [0.717, 1.165) is 55.1 Å². The molecule has 24 heavy (non-hydrogen) atoms. The number of amides is 2. The molecule has 4 heteroatoms. The molecular formula is C20H26N2O2. The normalized spacial score (nSPS) is 28.4. The summed E-state index contributed by atoms with van der Waals surface area (Å²) in [6.07, 6.45) is 6.95. The number of anilines is 1. The van der Waals surface area contributed by atoms with Crippen LogP contribution in [0.25, 0.3) is 0 Å². The van der Waals surface area contributed by atoms with Gasteiger partial charge in [0.25, 0.3) is 5.91 Å². The van der Waals surface area contributed by atoms with Crippen LogP contribution in [0.15, 0.2) is 18.2 Å². The molecule has 4 rings (SSSR count). The number of benzene rings is 1. The van der Waals surface area contributed by atoms with E-state index in [9.17, 15) is 9.59 Å². The van der Waals surface area contributed by atoms with Gasteiger partial charge < -0.3 is 10.2 Å². The molecule has 2 bridgehead atoms. The molecule has 3 fully saturated rings. The summed E-state index contributed by atoms with van der Waals surface area (Å²) in [5, 5.41) is 3.11. The molecule has 1 N–H and O–H groups in total. The molecule has 3 atom stereocenters. The van der Waals surface area contributed by atoms with E-state index in [2.05, 4.69) is 5.32 Å². The Bertz CT molecular complexity index is 664. The number of hydrogen-bond donors (Lipinski definition) is 1. The van der Waals surface area contributed by atoms with Crippen molar-refractivity contribution >= 4 is 17.5 Å². The maximum Gasteiger partial charge on any atom is 0.254 e. The molecule has 128 valence electrons. The zero-order valence-electron chi connectivity index (χ0n) is 14.4. The Balaban J connectivity index is 1.50. The van der Waals surface area contributed by atoms with Gasteiger partial charge in [-0.25, -0.2) is 0 Å². The van der Waals surface area contributed by atoms with E-state index in [4.69, 9.17) is 0 Å². The molecule has 0 radical (unpaired) electrons. The molecule has 2 amide bonds. The lowest BCUT2D eigenvalue weighted by atomic mass is 9.88. The van der Waals surface area contributed by atoms with Crippen molar-refractivity contribution in [3.63, 3.8) is 0 Å². The van der Waals surface area contributed by atoms with Gasteiger partial charge in [0.2, 0.25) is 5.91 Å². The summed E-state index contributed by atoms with van der Waals surface area (Å²) >= 11 is 0. The predicted molar refractivity (Wildman–Crippen MR) is 93.9 cm³/mol. The van der Waals surface area contributed by atoms with Crippen molar-refractivity contribution in [3.05, 3.63) is 29.3 Å². The summed E-state index contributed by atoms with van der Waals surface area (Å²) in [6, 6.07) is 5.68. The van der Waals surface area contributed by atoms with Gasteiger partial charge in [0.05, 0.1) is 0 Å². The molecule has 1 heterocycles. The van der Waals surface area contributed by atoms with Crippen LogP contribution in [0.2, 0.25) is 0 Å². The summed E-state index contributed by atoms with van der Waals surface area (Å²) in [6.45, 7) is 3.64. The fourth-order valence-electron chi connectivity index (χ4n) is 4.88.